The molecule has 0 spiro atoms. The third-order valence-electron chi connectivity index (χ3n) is 3.44. The van der Waals surface area contributed by atoms with Crippen LogP contribution in [0.3, 0.4) is 0 Å². The summed E-state index contributed by atoms with van der Waals surface area (Å²) in [5.74, 6) is 1.74. The molecule has 2 aliphatic heterocycles. The number of hydrogen-bond donors (Lipinski definition) is 0. The minimum absolute atomic E-state index is 0.144. The van der Waals surface area contributed by atoms with Gasteiger partial charge >= 0.3 is 0 Å². The van der Waals surface area contributed by atoms with Crippen LogP contribution in [0, 0.1) is 0 Å². The molecule has 3 rings (SSSR count). The summed E-state index contributed by atoms with van der Waals surface area (Å²) in [4.78, 5) is 2.44. The van der Waals surface area contributed by atoms with Gasteiger partial charge in [-0.25, -0.2) is 0 Å². The predicted molar refractivity (Wildman–Crippen MR) is 71.2 cm³/mol. The predicted octanol–water partition coefficient (Wildman–Crippen LogP) is 2.48. The molecular weight excluding hydrogens is 226 g/mol. The lowest BCUT2D eigenvalue weighted by atomic mass is 10.1. The van der Waals surface area contributed by atoms with Crippen LogP contribution in [-0.4, -0.2) is 37.2 Å². The van der Waals surface area contributed by atoms with Crippen molar-refractivity contribution in [2.24, 2.45) is 0 Å². The van der Waals surface area contributed by atoms with Crippen LogP contribution in [0.2, 0.25) is 0 Å². The highest BCUT2D eigenvalue weighted by atomic mass is 16.6. The van der Waals surface area contributed by atoms with Crippen molar-refractivity contribution < 1.29 is 9.47 Å². The molecule has 3 heteroatoms. The standard InChI is InChI=1S/C15H19NO2/c1-12-5-4-8-16(9-12)10-13-11-17-14-6-2-3-7-15(14)18-13/h2-3,5-7,13H,4,8-11H2,1H3. The molecule has 0 fully saturated rings. The van der Waals surface area contributed by atoms with Gasteiger partial charge in [0.2, 0.25) is 0 Å². The zero-order valence-corrected chi connectivity index (χ0v) is 10.8. The van der Waals surface area contributed by atoms with E-state index in [4.69, 9.17) is 9.47 Å². The summed E-state index contributed by atoms with van der Waals surface area (Å²) in [6.45, 7) is 5.97. The molecule has 3 nitrogen and oxygen atoms in total. The summed E-state index contributed by atoms with van der Waals surface area (Å²) in [7, 11) is 0. The molecule has 1 unspecified atom stereocenters. The van der Waals surface area contributed by atoms with Gasteiger partial charge in [-0.05, 0) is 25.5 Å². The Labute approximate surface area is 108 Å². The fourth-order valence-electron chi connectivity index (χ4n) is 2.59. The van der Waals surface area contributed by atoms with Gasteiger partial charge in [0, 0.05) is 19.6 Å². The highest BCUT2D eigenvalue weighted by Gasteiger charge is 2.23. The van der Waals surface area contributed by atoms with Crippen molar-refractivity contribution in [3.05, 3.63) is 35.9 Å². The zero-order chi connectivity index (χ0) is 12.4. The van der Waals surface area contributed by atoms with E-state index in [-0.39, 0.29) is 6.10 Å². The van der Waals surface area contributed by atoms with Crippen molar-refractivity contribution in [2.75, 3.05) is 26.2 Å². The van der Waals surface area contributed by atoms with Gasteiger partial charge in [-0.3, -0.25) is 4.90 Å². The first kappa shape index (κ1) is 11.6. The fraction of sp³-hybridized carbons (Fsp3) is 0.467. The molecule has 96 valence electrons. The van der Waals surface area contributed by atoms with Crippen LogP contribution in [0.5, 0.6) is 11.5 Å². The highest BCUT2D eigenvalue weighted by molar-refractivity contribution is 5.40. The number of nitrogens with zero attached hydrogens (tertiary/aromatic N) is 1. The van der Waals surface area contributed by atoms with Crippen LogP contribution in [0.4, 0.5) is 0 Å². The maximum Gasteiger partial charge on any atom is 0.161 e. The minimum Gasteiger partial charge on any atom is -0.486 e. The van der Waals surface area contributed by atoms with Crippen LogP contribution < -0.4 is 9.47 Å². The summed E-state index contributed by atoms with van der Waals surface area (Å²) in [5.41, 5.74) is 1.46. The normalized spacial score (nSPS) is 23.6. The first-order valence-electron chi connectivity index (χ1n) is 6.58. The number of fused-ring (bicyclic) bond motifs is 1. The van der Waals surface area contributed by atoms with Crippen molar-refractivity contribution in [3.63, 3.8) is 0 Å². The Morgan fingerprint density at radius 3 is 2.94 bits per heavy atom. The number of hydrogen-bond acceptors (Lipinski definition) is 3. The molecular formula is C15H19NO2. The molecule has 0 aliphatic carbocycles. The SMILES string of the molecule is CC1=CCCN(CC2COc3ccccc3O2)C1. The lowest BCUT2D eigenvalue weighted by Crippen LogP contribution is -2.42. The maximum absolute atomic E-state index is 5.98. The van der Waals surface area contributed by atoms with Crippen LogP contribution in [-0.2, 0) is 0 Å². The number of ether oxygens (including phenoxy) is 2. The summed E-state index contributed by atoms with van der Waals surface area (Å²) >= 11 is 0. The molecule has 0 saturated carbocycles. The summed E-state index contributed by atoms with van der Waals surface area (Å²) in [5, 5.41) is 0. The van der Waals surface area contributed by atoms with E-state index in [0.29, 0.717) is 6.61 Å². The van der Waals surface area contributed by atoms with Gasteiger partial charge in [-0.2, -0.15) is 0 Å². The van der Waals surface area contributed by atoms with Crippen molar-refractivity contribution in [1.82, 2.24) is 4.90 Å². The van der Waals surface area contributed by atoms with E-state index in [9.17, 15) is 0 Å². The van der Waals surface area contributed by atoms with Crippen molar-refractivity contribution >= 4 is 0 Å². The van der Waals surface area contributed by atoms with Gasteiger partial charge in [-0.15, -0.1) is 0 Å². The van der Waals surface area contributed by atoms with E-state index in [2.05, 4.69) is 17.9 Å². The van der Waals surface area contributed by atoms with Crippen LogP contribution in [0.1, 0.15) is 13.3 Å². The molecule has 2 aliphatic rings. The van der Waals surface area contributed by atoms with Crippen LogP contribution >= 0.6 is 0 Å². The van der Waals surface area contributed by atoms with Gasteiger partial charge in [0.25, 0.3) is 0 Å². The van der Waals surface area contributed by atoms with E-state index in [1.807, 2.05) is 24.3 Å². The minimum atomic E-state index is 0.144. The fourth-order valence-corrected chi connectivity index (χ4v) is 2.59. The van der Waals surface area contributed by atoms with E-state index >= 15 is 0 Å². The van der Waals surface area contributed by atoms with E-state index < -0.39 is 0 Å². The molecule has 18 heavy (non-hydrogen) atoms. The molecule has 0 N–H and O–H groups in total. The summed E-state index contributed by atoms with van der Waals surface area (Å²) < 4.78 is 11.7. The highest BCUT2D eigenvalue weighted by Crippen LogP contribution is 2.31. The van der Waals surface area contributed by atoms with Crippen molar-refractivity contribution in [1.29, 1.82) is 0 Å². The second-order valence-corrected chi connectivity index (χ2v) is 5.07. The lowest BCUT2D eigenvalue weighted by Gasteiger charge is -2.32. The second-order valence-electron chi connectivity index (χ2n) is 5.07. The largest absolute Gasteiger partial charge is 0.486 e. The van der Waals surface area contributed by atoms with Gasteiger partial charge in [-0.1, -0.05) is 23.8 Å². The Bertz CT molecular complexity index is 456. The summed E-state index contributed by atoms with van der Waals surface area (Å²) in [6, 6.07) is 7.89. The van der Waals surface area contributed by atoms with Gasteiger partial charge in [0.1, 0.15) is 12.7 Å². The number of benzene rings is 1. The molecule has 1 aromatic rings. The third kappa shape index (κ3) is 2.51. The Kier molecular flexibility index (Phi) is 3.24. The smallest absolute Gasteiger partial charge is 0.161 e. The van der Waals surface area contributed by atoms with Gasteiger partial charge in [0.05, 0.1) is 0 Å². The Morgan fingerprint density at radius 1 is 1.28 bits per heavy atom. The molecule has 0 bridgehead atoms. The van der Waals surface area contributed by atoms with Gasteiger partial charge in [0.15, 0.2) is 11.5 Å². The molecule has 0 aromatic heterocycles. The number of para-hydroxylation sites is 2. The van der Waals surface area contributed by atoms with Crippen molar-refractivity contribution in [3.8, 4) is 11.5 Å². The Hall–Kier alpha value is -1.48. The quantitative estimate of drug-likeness (QED) is 0.747. The summed E-state index contributed by atoms with van der Waals surface area (Å²) in [6.07, 6.45) is 3.62. The second kappa shape index (κ2) is 5.02. The Balaban J connectivity index is 1.61. The monoisotopic (exact) mass is 245 g/mol. The maximum atomic E-state index is 5.98. The lowest BCUT2D eigenvalue weighted by molar-refractivity contribution is 0.0604. The Morgan fingerprint density at radius 2 is 2.11 bits per heavy atom. The first-order chi connectivity index (χ1) is 8.81. The van der Waals surface area contributed by atoms with Crippen LogP contribution in [0.25, 0.3) is 0 Å². The molecule has 0 saturated heterocycles. The average Bonchev–Trinajstić information content (AvgIpc) is 2.39. The third-order valence-corrected chi connectivity index (χ3v) is 3.44. The molecule has 1 aromatic carbocycles. The molecule has 0 amide bonds. The van der Waals surface area contributed by atoms with E-state index in [1.165, 1.54) is 5.57 Å². The average molecular weight is 245 g/mol. The topological polar surface area (TPSA) is 21.7 Å². The molecule has 0 radical (unpaired) electrons. The number of rotatable bonds is 2. The van der Waals surface area contributed by atoms with Crippen molar-refractivity contribution in [2.45, 2.75) is 19.4 Å². The van der Waals surface area contributed by atoms with E-state index in [1.54, 1.807) is 0 Å². The first-order valence-corrected chi connectivity index (χ1v) is 6.58. The van der Waals surface area contributed by atoms with E-state index in [0.717, 1.165) is 37.6 Å². The zero-order valence-electron chi connectivity index (χ0n) is 10.8. The van der Waals surface area contributed by atoms with Gasteiger partial charge < -0.3 is 9.47 Å². The van der Waals surface area contributed by atoms with Crippen LogP contribution in [0.15, 0.2) is 35.9 Å². The molecule has 2 heterocycles. The molecule has 1 atom stereocenters.